The van der Waals surface area contributed by atoms with Crippen LogP contribution in [0.4, 0.5) is 5.13 Å². The Bertz CT molecular complexity index is 709. The maximum absolute atomic E-state index is 12.1. The normalized spacial score (nSPS) is 17.1. The summed E-state index contributed by atoms with van der Waals surface area (Å²) in [6.45, 7) is 5.62. The molecule has 0 unspecified atom stereocenters. The van der Waals surface area contributed by atoms with Crippen LogP contribution in [-0.4, -0.2) is 44.1 Å². The molecule has 136 valence electrons. The highest BCUT2D eigenvalue weighted by Gasteiger charge is 2.21. The summed E-state index contributed by atoms with van der Waals surface area (Å²) in [7, 11) is 0. The Morgan fingerprint density at radius 3 is 3.08 bits per heavy atom. The van der Waals surface area contributed by atoms with Crippen molar-refractivity contribution in [1.82, 2.24) is 19.7 Å². The Kier molecular flexibility index (Phi) is 6.44. The highest BCUT2D eigenvalue weighted by molar-refractivity contribution is 7.99. The number of amides is 1. The highest BCUT2D eigenvalue weighted by atomic mass is 32.2. The number of thiazole rings is 1. The fourth-order valence-electron chi connectivity index (χ4n) is 2.71. The van der Waals surface area contributed by atoms with Crippen LogP contribution in [0.15, 0.2) is 10.5 Å². The zero-order valence-electron chi connectivity index (χ0n) is 14.5. The Balaban J connectivity index is 1.61. The number of thioether (sulfide) groups is 1. The van der Waals surface area contributed by atoms with Gasteiger partial charge in [0.25, 0.3) is 0 Å². The van der Waals surface area contributed by atoms with E-state index in [0.29, 0.717) is 5.13 Å². The maximum atomic E-state index is 12.1. The maximum Gasteiger partial charge on any atom is 0.236 e. The molecular weight excluding hydrogens is 358 g/mol. The molecule has 9 heteroatoms. The van der Waals surface area contributed by atoms with Gasteiger partial charge < -0.3 is 14.6 Å². The van der Waals surface area contributed by atoms with Crippen molar-refractivity contribution in [2.45, 2.75) is 57.3 Å². The van der Waals surface area contributed by atoms with Crippen LogP contribution in [0.3, 0.4) is 0 Å². The standard InChI is InChI=1S/C16H23N5O2S2/c1-3-5-13-19-20-16(21(13)8-12-6-4-7-23-12)25-10-14(22)18-15-17-11(2)9-24-15/h9,12H,3-8,10H2,1-2H3,(H,17,18,22)/t12-/m1/s1. The van der Waals surface area contributed by atoms with Crippen LogP contribution in [0, 0.1) is 6.92 Å². The van der Waals surface area contributed by atoms with E-state index in [1.54, 1.807) is 0 Å². The van der Waals surface area contributed by atoms with Gasteiger partial charge in [-0.1, -0.05) is 18.7 Å². The molecule has 0 saturated carbocycles. The summed E-state index contributed by atoms with van der Waals surface area (Å²) >= 11 is 2.84. The molecule has 1 amide bonds. The summed E-state index contributed by atoms with van der Waals surface area (Å²) in [6, 6.07) is 0. The Morgan fingerprint density at radius 1 is 1.52 bits per heavy atom. The molecule has 0 aromatic carbocycles. The van der Waals surface area contributed by atoms with Gasteiger partial charge in [-0.25, -0.2) is 4.98 Å². The molecule has 0 bridgehead atoms. The van der Waals surface area contributed by atoms with Crippen LogP contribution < -0.4 is 5.32 Å². The third kappa shape index (κ3) is 5.02. The Hall–Kier alpha value is -1.45. The van der Waals surface area contributed by atoms with Gasteiger partial charge in [-0.15, -0.1) is 21.5 Å². The summed E-state index contributed by atoms with van der Waals surface area (Å²) in [5.74, 6) is 1.17. The minimum absolute atomic E-state index is 0.0805. The molecule has 0 aliphatic carbocycles. The van der Waals surface area contributed by atoms with E-state index < -0.39 is 0 Å². The molecule has 3 heterocycles. The van der Waals surface area contributed by atoms with E-state index in [2.05, 4.69) is 32.0 Å². The van der Waals surface area contributed by atoms with Gasteiger partial charge in [-0.3, -0.25) is 4.79 Å². The van der Waals surface area contributed by atoms with E-state index in [4.69, 9.17) is 4.74 Å². The van der Waals surface area contributed by atoms with Crippen LogP contribution in [0.1, 0.15) is 37.7 Å². The molecule has 1 atom stereocenters. The van der Waals surface area contributed by atoms with Gasteiger partial charge in [-0.05, 0) is 26.2 Å². The minimum Gasteiger partial charge on any atom is -0.376 e. The average molecular weight is 382 g/mol. The molecule has 7 nitrogen and oxygen atoms in total. The fourth-order valence-corrected chi connectivity index (χ4v) is 4.18. The Morgan fingerprint density at radius 2 is 2.40 bits per heavy atom. The minimum atomic E-state index is -0.0805. The van der Waals surface area contributed by atoms with E-state index in [-0.39, 0.29) is 17.8 Å². The van der Waals surface area contributed by atoms with Crippen molar-refractivity contribution in [2.75, 3.05) is 17.7 Å². The lowest BCUT2D eigenvalue weighted by Crippen LogP contribution is -2.19. The van der Waals surface area contributed by atoms with Crippen molar-refractivity contribution >= 4 is 34.1 Å². The SMILES string of the molecule is CCCc1nnc(SCC(=O)Nc2nc(C)cs2)n1C[C@H]1CCCO1. The van der Waals surface area contributed by atoms with Gasteiger partial charge in [-0.2, -0.15) is 0 Å². The molecule has 1 aliphatic rings. The number of anilines is 1. The largest absolute Gasteiger partial charge is 0.376 e. The van der Waals surface area contributed by atoms with E-state index in [1.807, 2.05) is 12.3 Å². The molecule has 0 spiro atoms. The first kappa shape index (κ1) is 18.3. The number of nitrogens with one attached hydrogen (secondary N) is 1. The second-order valence-corrected chi connectivity index (χ2v) is 7.83. The van der Waals surface area contributed by atoms with Gasteiger partial charge in [0, 0.05) is 18.4 Å². The smallest absolute Gasteiger partial charge is 0.236 e. The van der Waals surface area contributed by atoms with E-state index in [0.717, 1.165) is 55.5 Å². The van der Waals surface area contributed by atoms with E-state index >= 15 is 0 Å². The Labute approximate surface area is 155 Å². The first-order valence-corrected chi connectivity index (χ1v) is 10.4. The number of carbonyl (C=O) groups excluding carboxylic acids is 1. The van der Waals surface area contributed by atoms with Gasteiger partial charge in [0.2, 0.25) is 5.91 Å². The van der Waals surface area contributed by atoms with Crippen molar-refractivity contribution in [3.63, 3.8) is 0 Å². The summed E-state index contributed by atoms with van der Waals surface area (Å²) in [6.07, 6.45) is 4.28. The van der Waals surface area contributed by atoms with Crippen LogP contribution >= 0.6 is 23.1 Å². The molecule has 1 N–H and O–H groups in total. The van der Waals surface area contributed by atoms with Gasteiger partial charge in [0.15, 0.2) is 10.3 Å². The third-order valence-electron chi connectivity index (χ3n) is 3.87. The fraction of sp³-hybridized carbons (Fsp3) is 0.625. The third-order valence-corrected chi connectivity index (χ3v) is 5.72. The molecule has 0 radical (unpaired) electrons. The van der Waals surface area contributed by atoms with Gasteiger partial charge >= 0.3 is 0 Å². The quantitative estimate of drug-likeness (QED) is 0.708. The predicted molar refractivity (Wildman–Crippen MR) is 99.2 cm³/mol. The van der Waals surface area contributed by atoms with Crippen molar-refractivity contribution < 1.29 is 9.53 Å². The van der Waals surface area contributed by atoms with Crippen molar-refractivity contribution in [3.05, 3.63) is 16.9 Å². The number of aryl methyl sites for hydroxylation is 2. The second-order valence-electron chi connectivity index (χ2n) is 6.03. The summed E-state index contributed by atoms with van der Waals surface area (Å²) in [5, 5.41) is 14.7. The van der Waals surface area contributed by atoms with E-state index in [1.165, 1.54) is 23.1 Å². The first-order valence-electron chi connectivity index (χ1n) is 8.54. The predicted octanol–water partition coefficient (Wildman–Crippen LogP) is 2.91. The lowest BCUT2D eigenvalue weighted by Gasteiger charge is -2.14. The molecule has 3 rings (SSSR count). The number of hydrogen-bond donors (Lipinski definition) is 1. The van der Waals surface area contributed by atoms with Crippen molar-refractivity contribution in [2.24, 2.45) is 0 Å². The molecule has 1 fully saturated rings. The first-order chi connectivity index (χ1) is 12.2. The van der Waals surface area contributed by atoms with Crippen LogP contribution in [0.25, 0.3) is 0 Å². The molecule has 1 aliphatic heterocycles. The summed E-state index contributed by atoms with van der Waals surface area (Å²) < 4.78 is 7.87. The number of rotatable bonds is 8. The zero-order valence-corrected chi connectivity index (χ0v) is 16.2. The van der Waals surface area contributed by atoms with Crippen LogP contribution in [0.5, 0.6) is 0 Å². The topological polar surface area (TPSA) is 81.9 Å². The molecule has 2 aromatic rings. The number of nitrogens with zero attached hydrogens (tertiary/aromatic N) is 4. The lowest BCUT2D eigenvalue weighted by atomic mass is 10.2. The lowest BCUT2D eigenvalue weighted by molar-refractivity contribution is -0.113. The van der Waals surface area contributed by atoms with Gasteiger partial charge in [0.05, 0.1) is 24.1 Å². The van der Waals surface area contributed by atoms with Crippen molar-refractivity contribution in [1.29, 1.82) is 0 Å². The molecule has 1 saturated heterocycles. The zero-order chi connectivity index (χ0) is 17.6. The highest BCUT2D eigenvalue weighted by Crippen LogP contribution is 2.22. The summed E-state index contributed by atoms with van der Waals surface area (Å²) in [4.78, 5) is 16.4. The molecule has 25 heavy (non-hydrogen) atoms. The number of hydrogen-bond acceptors (Lipinski definition) is 7. The molecule has 2 aromatic heterocycles. The molecular formula is C16H23N5O2S2. The average Bonchev–Trinajstić information content (AvgIpc) is 3.31. The van der Waals surface area contributed by atoms with E-state index in [9.17, 15) is 4.79 Å². The van der Waals surface area contributed by atoms with Crippen LogP contribution in [-0.2, 0) is 22.5 Å². The van der Waals surface area contributed by atoms with Crippen molar-refractivity contribution in [3.8, 4) is 0 Å². The number of carbonyl (C=O) groups is 1. The summed E-state index contributed by atoms with van der Waals surface area (Å²) in [5.41, 5.74) is 0.911. The second kappa shape index (κ2) is 8.77. The van der Waals surface area contributed by atoms with Gasteiger partial charge in [0.1, 0.15) is 5.82 Å². The monoisotopic (exact) mass is 381 g/mol. The number of aromatic nitrogens is 4. The number of ether oxygens (including phenoxy) is 1. The van der Waals surface area contributed by atoms with Crippen LogP contribution in [0.2, 0.25) is 0 Å².